The predicted molar refractivity (Wildman–Crippen MR) is 96.4 cm³/mol. The van der Waals surface area contributed by atoms with E-state index in [9.17, 15) is 4.79 Å². The van der Waals surface area contributed by atoms with Crippen molar-refractivity contribution in [3.63, 3.8) is 0 Å². The van der Waals surface area contributed by atoms with Crippen molar-refractivity contribution in [1.29, 1.82) is 0 Å². The van der Waals surface area contributed by atoms with Crippen molar-refractivity contribution in [3.8, 4) is 0 Å². The quantitative estimate of drug-likeness (QED) is 0.671. The van der Waals surface area contributed by atoms with Crippen molar-refractivity contribution in [2.45, 2.75) is 13.0 Å². The third kappa shape index (κ3) is 4.49. The highest BCUT2D eigenvalue weighted by atomic mass is 16.5. The van der Waals surface area contributed by atoms with Gasteiger partial charge in [-0.1, -0.05) is 30.3 Å². The largest absolute Gasteiger partial charge is 0.379 e. The first-order valence-electron chi connectivity index (χ1n) is 8.37. The first-order chi connectivity index (χ1) is 12.3. The van der Waals surface area contributed by atoms with Crippen LogP contribution >= 0.6 is 0 Å². The Morgan fingerprint density at radius 2 is 1.96 bits per heavy atom. The summed E-state index contributed by atoms with van der Waals surface area (Å²) in [5.74, 6) is -0.263. The highest BCUT2D eigenvalue weighted by molar-refractivity contribution is 5.95. The van der Waals surface area contributed by atoms with Crippen LogP contribution in [0.2, 0.25) is 0 Å². The molecule has 130 valence electrons. The summed E-state index contributed by atoms with van der Waals surface area (Å²) in [6.07, 6.45) is 3.16. The van der Waals surface area contributed by atoms with Crippen LogP contribution in [0.3, 0.4) is 0 Å². The van der Waals surface area contributed by atoms with Gasteiger partial charge in [-0.2, -0.15) is 5.10 Å². The first-order valence-corrected chi connectivity index (χ1v) is 8.37. The number of rotatable bonds is 5. The maximum absolute atomic E-state index is 12.2. The van der Waals surface area contributed by atoms with Gasteiger partial charge < -0.3 is 4.74 Å². The molecule has 1 aromatic carbocycles. The SMILES string of the molecule is C/C(=N/NC(=O)c1cccnc1)[C@H](c1ccccc1)N1CCOCC1. The number of aromatic nitrogens is 1. The Hall–Kier alpha value is -2.57. The standard InChI is InChI=1S/C19H22N4O2/c1-15(21-22-19(24)17-8-5-9-20-14-17)18(16-6-3-2-4-7-16)23-10-12-25-13-11-23/h2-9,14,18H,10-13H2,1H3,(H,22,24)/b21-15-/t18-/m1/s1. The molecule has 25 heavy (non-hydrogen) atoms. The third-order valence-corrected chi connectivity index (χ3v) is 4.18. The molecule has 0 spiro atoms. The number of hydrogen-bond donors (Lipinski definition) is 1. The number of nitrogens with one attached hydrogen (secondary N) is 1. The summed E-state index contributed by atoms with van der Waals surface area (Å²) in [5.41, 5.74) is 5.12. The number of amides is 1. The molecule has 2 aromatic rings. The van der Waals surface area contributed by atoms with Gasteiger partial charge in [-0.05, 0) is 24.6 Å². The van der Waals surface area contributed by atoms with E-state index in [-0.39, 0.29) is 11.9 Å². The number of nitrogens with zero attached hydrogens (tertiary/aromatic N) is 3. The monoisotopic (exact) mass is 338 g/mol. The zero-order valence-electron chi connectivity index (χ0n) is 14.3. The minimum absolute atomic E-state index is 0.0132. The molecule has 1 aromatic heterocycles. The van der Waals surface area contributed by atoms with Gasteiger partial charge in [0.15, 0.2) is 0 Å². The molecule has 0 bridgehead atoms. The lowest BCUT2D eigenvalue weighted by Gasteiger charge is -2.34. The average Bonchev–Trinajstić information content (AvgIpc) is 2.69. The number of hydrazone groups is 1. The fraction of sp³-hybridized carbons (Fsp3) is 0.316. The van der Waals surface area contributed by atoms with Gasteiger partial charge in [-0.3, -0.25) is 14.7 Å². The second-order valence-corrected chi connectivity index (χ2v) is 5.90. The van der Waals surface area contributed by atoms with Crippen LogP contribution in [0.5, 0.6) is 0 Å². The lowest BCUT2D eigenvalue weighted by atomic mass is 10.0. The Balaban J connectivity index is 1.78. The van der Waals surface area contributed by atoms with Gasteiger partial charge in [-0.15, -0.1) is 0 Å². The van der Waals surface area contributed by atoms with Gasteiger partial charge in [0.25, 0.3) is 5.91 Å². The second kappa shape index (κ2) is 8.50. The van der Waals surface area contributed by atoms with E-state index in [4.69, 9.17) is 4.74 Å². The molecule has 1 saturated heterocycles. The average molecular weight is 338 g/mol. The van der Waals surface area contributed by atoms with Crippen molar-refractivity contribution in [3.05, 3.63) is 66.0 Å². The number of morpholine rings is 1. The molecule has 6 nitrogen and oxygen atoms in total. The van der Waals surface area contributed by atoms with Gasteiger partial charge in [0, 0.05) is 25.5 Å². The van der Waals surface area contributed by atoms with E-state index >= 15 is 0 Å². The molecule has 1 N–H and O–H groups in total. The van der Waals surface area contributed by atoms with Gasteiger partial charge in [0.2, 0.25) is 0 Å². The lowest BCUT2D eigenvalue weighted by Crippen LogP contribution is -2.42. The highest BCUT2D eigenvalue weighted by Crippen LogP contribution is 2.23. The third-order valence-electron chi connectivity index (χ3n) is 4.18. The molecule has 0 radical (unpaired) electrons. The second-order valence-electron chi connectivity index (χ2n) is 5.90. The van der Waals surface area contributed by atoms with Crippen LogP contribution in [0.25, 0.3) is 0 Å². The summed E-state index contributed by atoms with van der Waals surface area (Å²) in [7, 11) is 0. The highest BCUT2D eigenvalue weighted by Gasteiger charge is 2.25. The molecule has 0 unspecified atom stereocenters. The van der Waals surface area contributed by atoms with E-state index in [2.05, 4.69) is 32.5 Å². The molecule has 1 aliphatic heterocycles. The predicted octanol–water partition coefficient (Wildman–Crippen LogP) is 2.26. The zero-order valence-corrected chi connectivity index (χ0v) is 14.3. The molecule has 2 heterocycles. The van der Waals surface area contributed by atoms with E-state index in [1.165, 1.54) is 6.20 Å². The number of carbonyl (C=O) groups excluding carboxylic acids is 1. The number of pyridine rings is 1. The van der Waals surface area contributed by atoms with E-state index < -0.39 is 0 Å². The van der Waals surface area contributed by atoms with Crippen LogP contribution in [0.15, 0.2) is 60.0 Å². The fourth-order valence-corrected chi connectivity index (χ4v) is 2.95. The first kappa shape index (κ1) is 17.3. The van der Waals surface area contributed by atoms with Crippen molar-refractivity contribution in [1.82, 2.24) is 15.3 Å². The summed E-state index contributed by atoms with van der Waals surface area (Å²) in [4.78, 5) is 18.5. The molecule has 3 rings (SSSR count). The maximum atomic E-state index is 12.2. The topological polar surface area (TPSA) is 66.8 Å². The molecule has 1 amide bonds. The molecule has 1 fully saturated rings. The Kier molecular flexibility index (Phi) is 5.87. The summed E-state index contributed by atoms with van der Waals surface area (Å²) >= 11 is 0. The summed E-state index contributed by atoms with van der Waals surface area (Å²) in [6.45, 7) is 5.03. The molecule has 6 heteroatoms. The van der Waals surface area contributed by atoms with Crippen LogP contribution in [0, 0.1) is 0 Å². The molecule has 0 aliphatic carbocycles. The van der Waals surface area contributed by atoms with E-state index in [1.807, 2.05) is 25.1 Å². The van der Waals surface area contributed by atoms with E-state index in [1.54, 1.807) is 18.3 Å². The minimum atomic E-state index is -0.263. The normalized spacial score (nSPS) is 17.1. The number of benzene rings is 1. The van der Waals surface area contributed by atoms with Crippen molar-refractivity contribution < 1.29 is 9.53 Å². The Morgan fingerprint density at radius 3 is 2.64 bits per heavy atom. The van der Waals surface area contributed by atoms with Crippen LogP contribution < -0.4 is 5.43 Å². The molecule has 1 atom stereocenters. The van der Waals surface area contributed by atoms with Crippen molar-refractivity contribution in [2.24, 2.45) is 5.10 Å². The Labute approximate surface area is 147 Å². The fourth-order valence-electron chi connectivity index (χ4n) is 2.95. The summed E-state index contributed by atoms with van der Waals surface area (Å²) in [6, 6.07) is 13.7. The summed E-state index contributed by atoms with van der Waals surface area (Å²) in [5, 5.41) is 4.36. The molecule has 1 aliphatic rings. The number of hydrogen-bond acceptors (Lipinski definition) is 5. The van der Waals surface area contributed by atoms with Crippen LogP contribution in [-0.4, -0.2) is 47.8 Å². The van der Waals surface area contributed by atoms with Crippen molar-refractivity contribution >= 4 is 11.6 Å². The maximum Gasteiger partial charge on any atom is 0.272 e. The molecular weight excluding hydrogens is 316 g/mol. The van der Waals surface area contributed by atoms with Gasteiger partial charge >= 0.3 is 0 Å². The van der Waals surface area contributed by atoms with Crippen LogP contribution in [-0.2, 0) is 4.74 Å². The van der Waals surface area contributed by atoms with Gasteiger partial charge in [0.05, 0.1) is 30.5 Å². The zero-order chi connectivity index (χ0) is 17.5. The van der Waals surface area contributed by atoms with Crippen LogP contribution in [0.4, 0.5) is 0 Å². The van der Waals surface area contributed by atoms with E-state index in [0.717, 1.165) is 24.4 Å². The number of ether oxygens (including phenoxy) is 1. The Bertz CT molecular complexity index is 713. The van der Waals surface area contributed by atoms with E-state index in [0.29, 0.717) is 18.8 Å². The molecule has 0 saturated carbocycles. The number of carbonyl (C=O) groups is 1. The van der Waals surface area contributed by atoms with Gasteiger partial charge in [-0.25, -0.2) is 5.43 Å². The van der Waals surface area contributed by atoms with Crippen molar-refractivity contribution in [2.75, 3.05) is 26.3 Å². The minimum Gasteiger partial charge on any atom is -0.379 e. The molecular formula is C19H22N4O2. The smallest absolute Gasteiger partial charge is 0.272 e. The van der Waals surface area contributed by atoms with Crippen LogP contribution in [0.1, 0.15) is 28.9 Å². The lowest BCUT2D eigenvalue weighted by molar-refractivity contribution is 0.0285. The Morgan fingerprint density at radius 1 is 1.20 bits per heavy atom. The summed E-state index contributed by atoms with van der Waals surface area (Å²) < 4.78 is 5.46. The van der Waals surface area contributed by atoms with Gasteiger partial charge in [0.1, 0.15) is 0 Å².